The van der Waals surface area contributed by atoms with Crippen LogP contribution in [-0.2, 0) is 0 Å². The maximum atomic E-state index is 10.7. The van der Waals surface area contributed by atoms with Gasteiger partial charge in [-0.05, 0) is 36.5 Å². The third-order valence-corrected chi connectivity index (χ3v) is 2.75. The standard InChI is InChI=1S/C14H13N5O2S/c15-14(22)18-17-13(16-11-4-2-1-3-5-11)10-6-8-12(9-7-10)19(20)21/h1-9H,(H,16,17)(H3,15,18,22). The number of para-hydroxylation sites is 1. The van der Waals surface area contributed by atoms with Crippen molar-refractivity contribution >= 4 is 34.5 Å². The molecule has 0 saturated heterocycles. The van der Waals surface area contributed by atoms with Crippen LogP contribution in [0.2, 0.25) is 0 Å². The Kier molecular flexibility index (Phi) is 4.99. The van der Waals surface area contributed by atoms with Gasteiger partial charge in [-0.2, -0.15) is 0 Å². The van der Waals surface area contributed by atoms with Crippen LogP contribution < -0.4 is 16.6 Å². The number of nitro benzene ring substituents is 1. The molecule has 2 aromatic rings. The lowest BCUT2D eigenvalue weighted by Crippen LogP contribution is -2.44. The molecule has 0 bridgehead atoms. The Morgan fingerprint density at radius 3 is 2.27 bits per heavy atom. The van der Waals surface area contributed by atoms with Gasteiger partial charge in [-0.3, -0.25) is 21.0 Å². The number of hydrogen-bond acceptors (Lipinski definition) is 4. The van der Waals surface area contributed by atoms with Crippen LogP contribution in [0.15, 0.2) is 59.6 Å². The van der Waals surface area contributed by atoms with Crippen LogP contribution in [0.3, 0.4) is 0 Å². The van der Waals surface area contributed by atoms with E-state index in [1.165, 1.54) is 12.1 Å². The third-order valence-electron chi connectivity index (χ3n) is 2.65. The quantitative estimate of drug-likeness (QED) is 0.263. The number of nitrogens with two attached hydrogens (primary N) is 1. The first-order valence-corrected chi connectivity index (χ1v) is 6.67. The smallest absolute Gasteiger partial charge is 0.269 e. The normalized spacial score (nSPS) is 10.8. The van der Waals surface area contributed by atoms with E-state index in [0.29, 0.717) is 17.1 Å². The van der Waals surface area contributed by atoms with Gasteiger partial charge in [0, 0.05) is 17.7 Å². The number of amidine groups is 1. The highest BCUT2D eigenvalue weighted by Gasteiger charge is 2.08. The Bertz CT molecular complexity index is 701. The van der Waals surface area contributed by atoms with Crippen LogP contribution in [0.5, 0.6) is 0 Å². The minimum Gasteiger partial charge on any atom is -0.375 e. The van der Waals surface area contributed by atoms with Gasteiger partial charge in [0.25, 0.3) is 5.69 Å². The summed E-state index contributed by atoms with van der Waals surface area (Å²) in [7, 11) is 0. The molecule has 0 aliphatic rings. The molecule has 0 atom stereocenters. The van der Waals surface area contributed by atoms with E-state index in [1.54, 1.807) is 12.1 Å². The van der Waals surface area contributed by atoms with Crippen LogP contribution in [0.25, 0.3) is 0 Å². The SMILES string of the molecule is NC(=S)NNC(=Nc1ccccc1)c1ccc([N+](=O)[O-])cc1. The number of hydrogen-bond donors (Lipinski definition) is 3. The number of nitrogens with zero attached hydrogens (tertiary/aromatic N) is 2. The highest BCUT2D eigenvalue weighted by atomic mass is 32.1. The first kappa shape index (κ1) is 15.4. The second-order valence-electron chi connectivity index (χ2n) is 4.21. The molecule has 0 heterocycles. The minimum atomic E-state index is -0.460. The summed E-state index contributed by atoms with van der Waals surface area (Å²) in [6.07, 6.45) is 0. The monoisotopic (exact) mass is 315 g/mol. The summed E-state index contributed by atoms with van der Waals surface area (Å²) in [6, 6.07) is 15.2. The Hall–Kier alpha value is -3.00. The molecule has 0 aliphatic heterocycles. The number of nitrogens with one attached hydrogen (secondary N) is 2. The molecule has 0 fully saturated rings. The lowest BCUT2D eigenvalue weighted by molar-refractivity contribution is -0.384. The van der Waals surface area contributed by atoms with Crippen molar-refractivity contribution in [1.82, 2.24) is 10.9 Å². The molecule has 2 aromatic carbocycles. The summed E-state index contributed by atoms with van der Waals surface area (Å²) in [6.45, 7) is 0. The second kappa shape index (κ2) is 7.14. The topological polar surface area (TPSA) is 106 Å². The van der Waals surface area contributed by atoms with E-state index in [-0.39, 0.29) is 10.8 Å². The zero-order valence-electron chi connectivity index (χ0n) is 11.4. The maximum absolute atomic E-state index is 10.7. The molecule has 22 heavy (non-hydrogen) atoms. The van der Waals surface area contributed by atoms with Crippen molar-refractivity contribution < 1.29 is 4.92 Å². The fraction of sp³-hybridized carbons (Fsp3) is 0. The molecular weight excluding hydrogens is 302 g/mol. The summed E-state index contributed by atoms with van der Waals surface area (Å²) in [4.78, 5) is 14.7. The molecule has 0 unspecified atom stereocenters. The lowest BCUT2D eigenvalue weighted by Gasteiger charge is -2.11. The van der Waals surface area contributed by atoms with Gasteiger partial charge in [-0.25, -0.2) is 4.99 Å². The minimum absolute atomic E-state index is 0.00474. The Morgan fingerprint density at radius 2 is 1.73 bits per heavy atom. The summed E-state index contributed by atoms with van der Waals surface area (Å²) < 4.78 is 0. The molecular formula is C14H13N5O2S. The highest BCUT2D eigenvalue weighted by molar-refractivity contribution is 7.80. The van der Waals surface area contributed by atoms with Crippen molar-refractivity contribution in [1.29, 1.82) is 0 Å². The molecule has 2 rings (SSSR count). The van der Waals surface area contributed by atoms with Gasteiger partial charge in [0.05, 0.1) is 10.6 Å². The van der Waals surface area contributed by atoms with Gasteiger partial charge >= 0.3 is 0 Å². The first-order chi connectivity index (χ1) is 10.6. The van der Waals surface area contributed by atoms with Crippen molar-refractivity contribution in [2.24, 2.45) is 10.7 Å². The van der Waals surface area contributed by atoms with Crippen LogP contribution in [-0.4, -0.2) is 15.9 Å². The number of non-ortho nitro benzene ring substituents is 1. The number of thiocarbonyl (C=S) groups is 1. The highest BCUT2D eigenvalue weighted by Crippen LogP contribution is 2.15. The molecule has 0 saturated carbocycles. The molecule has 7 nitrogen and oxygen atoms in total. The van der Waals surface area contributed by atoms with Crippen LogP contribution in [0, 0.1) is 10.1 Å². The third kappa shape index (κ3) is 4.25. The molecule has 0 aliphatic carbocycles. The number of rotatable bonds is 3. The van der Waals surface area contributed by atoms with E-state index < -0.39 is 4.92 Å². The zero-order valence-corrected chi connectivity index (χ0v) is 12.2. The predicted molar refractivity (Wildman–Crippen MR) is 88.8 cm³/mol. The lowest BCUT2D eigenvalue weighted by atomic mass is 10.2. The van der Waals surface area contributed by atoms with Crippen molar-refractivity contribution in [3.8, 4) is 0 Å². The van der Waals surface area contributed by atoms with Gasteiger partial charge in [0.2, 0.25) is 0 Å². The summed E-state index contributed by atoms with van der Waals surface area (Å²) in [5.41, 5.74) is 12.2. The van der Waals surface area contributed by atoms with Gasteiger partial charge in [0.15, 0.2) is 10.9 Å². The van der Waals surface area contributed by atoms with E-state index >= 15 is 0 Å². The zero-order chi connectivity index (χ0) is 15.9. The van der Waals surface area contributed by atoms with E-state index in [9.17, 15) is 10.1 Å². The summed E-state index contributed by atoms with van der Waals surface area (Å²) in [5, 5.41) is 10.8. The van der Waals surface area contributed by atoms with E-state index in [4.69, 9.17) is 18.0 Å². The average molecular weight is 315 g/mol. The number of benzene rings is 2. The molecule has 0 radical (unpaired) electrons. The van der Waals surface area contributed by atoms with E-state index in [2.05, 4.69) is 15.8 Å². The van der Waals surface area contributed by atoms with Gasteiger partial charge in [-0.15, -0.1) is 0 Å². The van der Waals surface area contributed by atoms with E-state index in [1.807, 2.05) is 30.3 Å². The van der Waals surface area contributed by atoms with E-state index in [0.717, 1.165) is 0 Å². The fourth-order valence-corrected chi connectivity index (χ4v) is 1.71. The van der Waals surface area contributed by atoms with Gasteiger partial charge < -0.3 is 5.73 Å². The number of nitro groups is 1. The Labute approximate surface area is 132 Å². The number of aliphatic imine (C=N–C) groups is 1. The molecule has 8 heteroatoms. The van der Waals surface area contributed by atoms with Crippen molar-refractivity contribution in [2.45, 2.75) is 0 Å². The second-order valence-corrected chi connectivity index (χ2v) is 4.65. The molecule has 0 spiro atoms. The van der Waals surface area contributed by atoms with Crippen molar-refractivity contribution in [2.75, 3.05) is 0 Å². The van der Waals surface area contributed by atoms with Crippen molar-refractivity contribution in [3.05, 3.63) is 70.3 Å². The molecule has 112 valence electrons. The first-order valence-electron chi connectivity index (χ1n) is 6.26. The maximum Gasteiger partial charge on any atom is 0.269 e. The Morgan fingerprint density at radius 1 is 1.09 bits per heavy atom. The van der Waals surface area contributed by atoms with Gasteiger partial charge in [-0.1, -0.05) is 18.2 Å². The average Bonchev–Trinajstić information content (AvgIpc) is 2.52. The number of hydrazine groups is 1. The predicted octanol–water partition coefficient (Wildman–Crippen LogP) is 2.01. The van der Waals surface area contributed by atoms with Crippen LogP contribution >= 0.6 is 12.2 Å². The molecule has 4 N–H and O–H groups in total. The fourth-order valence-electron chi connectivity index (χ4n) is 1.66. The van der Waals surface area contributed by atoms with Gasteiger partial charge in [0.1, 0.15) is 0 Å². The van der Waals surface area contributed by atoms with Crippen molar-refractivity contribution in [3.63, 3.8) is 0 Å². The molecule has 0 amide bonds. The largest absolute Gasteiger partial charge is 0.375 e. The van der Waals surface area contributed by atoms with Crippen LogP contribution in [0.1, 0.15) is 5.56 Å². The summed E-state index contributed by atoms with van der Waals surface area (Å²) in [5.74, 6) is 0.439. The molecule has 0 aromatic heterocycles. The Balaban J connectivity index is 2.33. The van der Waals surface area contributed by atoms with Crippen LogP contribution in [0.4, 0.5) is 11.4 Å². The summed E-state index contributed by atoms with van der Waals surface area (Å²) >= 11 is 4.74.